The van der Waals surface area contributed by atoms with Crippen LogP contribution < -0.4 is 5.32 Å². The third-order valence-corrected chi connectivity index (χ3v) is 6.81. The van der Waals surface area contributed by atoms with E-state index in [1.807, 2.05) is 43.9 Å². The van der Waals surface area contributed by atoms with Gasteiger partial charge in [-0.05, 0) is 76.1 Å². The molecule has 1 saturated heterocycles. The number of carbonyl (C=O) groups excluding carboxylic acids is 2. The van der Waals surface area contributed by atoms with E-state index in [0.29, 0.717) is 35.2 Å². The Kier molecular flexibility index (Phi) is 6.04. The smallest absolute Gasteiger partial charge is 0.253 e. The number of benzene rings is 2. The summed E-state index contributed by atoms with van der Waals surface area (Å²) in [7, 11) is 0. The van der Waals surface area contributed by atoms with Gasteiger partial charge in [0.15, 0.2) is 0 Å². The molecule has 2 heterocycles. The van der Waals surface area contributed by atoms with Gasteiger partial charge in [-0.25, -0.2) is 4.98 Å². The molecule has 162 valence electrons. The van der Waals surface area contributed by atoms with Crippen LogP contribution in [0.25, 0.3) is 10.2 Å². The van der Waals surface area contributed by atoms with Crippen molar-refractivity contribution in [1.82, 2.24) is 15.2 Å². The van der Waals surface area contributed by atoms with Crippen LogP contribution in [0.5, 0.6) is 0 Å². The van der Waals surface area contributed by atoms with Gasteiger partial charge in [-0.15, -0.1) is 11.3 Å². The summed E-state index contributed by atoms with van der Waals surface area (Å²) in [6.07, 6.45) is 1.79. The molecule has 2 aromatic carbocycles. The normalized spacial score (nSPS) is 15.3. The number of nitrogens with one attached hydrogen (secondary N) is 1. The largest absolute Gasteiger partial charge is 0.347 e. The first-order chi connectivity index (χ1) is 14.7. The molecule has 1 aromatic heterocycles. The number of fused-ring (bicyclic) bond motifs is 1. The van der Waals surface area contributed by atoms with Crippen molar-refractivity contribution in [2.24, 2.45) is 0 Å². The van der Waals surface area contributed by atoms with Crippen molar-refractivity contribution in [3.05, 3.63) is 63.6 Å². The van der Waals surface area contributed by atoms with Crippen molar-refractivity contribution in [1.29, 1.82) is 0 Å². The molecule has 0 atom stereocenters. The lowest BCUT2D eigenvalue weighted by Gasteiger charge is -2.31. The highest BCUT2D eigenvalue weighted by atomic mass is 35.5. The summed E-state index contributed by atoms with van der Waals surface area (Å²) in [5.41, 5.74) is 1.81. The van der Waals surface area contributed by atoms with Crippen LogP contribution >= 0.6 is 22.9 Å². The van der Waals surface area contributed by atoms with E-state index in [0.717, 1.165) is 28.1 Å². The van der Waals surface area contributed by atoms with E-state index >= 15 is 0 Å². The molecule has 0 spiro atoms. The van der Waals surface area contributed by atoms with Crippen LogP contribution in [-0.4, -0.2) is 40.3 Å². The minimum atomic E-state index is -0.300. The van der Waals surface area contributed by atoms with Crippen molar-refractivity contribution in [2.75, 3.05) is 13.1 Å². The lowest BCUT2D eigenvalue weighted by Crippen LogP contribution is -2.40. The highest BCUT2D eigenvalue weighted by molar-refractivity contribution is 7.18. The van der Waals surface area contributed by atoms with Crippen LogP contribution in [0.1, 0.15) is 65.3 Å². The Labute approximate surface area is 191 Å². The number of rotatable bonds is 3. The molecule has 1 N–H and O–H groups in total. The van der Waals surface area contributed by atoms with Gasteiger partial charge in [0, 0.05) is 40.7 Å². The minimum absolute atomic E-state index is 0.0114. The Morgan fingerprint density at radius 3 is 2.35 bits per heavy atom. The monoisotopic (exact) mass is 455 g/mol. The molecule has 1 aliphatic heterocycles. The first kappa shape index (κ1) is 21.8. The Bertz CT molecular complexity index is 1110. The third kappa shape index (κ3) is 5.08. The molecule has 0 unspecified atom stereocenters. The highest BCUT2D eigenvalue weighted by Gasteiger charge is 2.27. The molecule has 0 bridgehead atoms. The zero-order valence-electron chi connectivity index (χ0n) is 17.9. The van der Waals surface area contributed by atoms with Crippen LogP contribution in [-0.2, 0) is 0 Å². The number of hydrogen-bond acceptors (Lipinski definition) is 4. The molecule has 0 aliphatic carbocycles. The average Bonchev–Trinajstić information content (AvgIpc) is 3.15. The summed E-state index contributed by atoms with van der Waals surface area (Å²) >= 11 is 7.79. The summed E-state index contributed by atoms with van der Waals surface area (Å²) in [4.78, 5) is 31.9. The molecular formula is C24H26ClN3O2S. The molecule has 2 amide bonds. The van der Waals surface area contributed by atoms with Gasteiger partial charge >= 0.3 is 0 Å². The van der Waals surface area contributed by atoms with E-state index in [9.17, 15) is 9.59 Å². The molecule has 4 rings (SSSR count). The van der Waals surface area contributed by atoms with Crippen LogP contribution in [0, 0.1) is 0 Å². The zero-order chi connectivity index (χ0) is 22.2. The number of likely N-dealkylation sites (tertiary alicyclic amines) is 1. The molecular weight excluding hydrogens is 430 g/mol. The first-order valence-electron chi connectivity index (χ1n) is 10.5. The van der Waals surface area contributed by atoms with Crippen molar-refractivity contribution >= 4 is 45.0 Å². The number of halogens is 1. The van der Waals surface area contributed by atoms with E-state index in [1.54, 1.807) is 35.6 Å². The maximum atomic E-state index is 12.9. The molecule has 7 heteroatoms. The maximum Gasteiger partial charge on any atom is 0.253 e. The van der Waals surface area contributed by atoms with Gasteiger partial charge in [-0.2, -0.15) is 0 Å². The minimum Gasteiger partial charge on any atom is -0.347 e. The van der Waals surface area contributed by atoms with Crippen LogP contribution in [0.15, 0.2) is 42.5 Å². The third-order valence-electron chi connectivity index (χ3n) is 5.38. The van der Waals surface area contributed by atoms with Crippen molar-refractivity contribution in [3.63, 3.8) is 0 Å². The van der Waals surface area contributed by atoms with Gasteiger partial charge in [0.05, 0.1) is 15.2 Å². The fraction of sp³-hybridized carbons (Fsp3) is 0.375. The fourth-order valence-electron chi connectivity index (χ4n) is 3.78. The van der Waals surface area contributed by atoms with Crippen molar-refractivity contribution in [2.45, 2.75) is 45.1 Å². The quantitative estimate of drug-likeness (QED) is 0.567. The summed E-state index contributed by atoms with van der Waals surface area (Å²) in [6.45, 7) is 7.22. The lowest BCUT2D eigenvalue weighted by atomic mass is 9.97. The standard InChI is InChI=1S/C24H26ClN3O2S/c1-24(2,3)27-21(29)15-4-6-17(7-5-15)23(30)28-12-10-16(11-13-28)22-26-19-14-18(25)8-9-20(19)31-22/h4-9,14,16H,10-13H2,1-3H3,(H,27,29). The Morgan fingerprint density at radius 1 is 1.06 bits per heavy atom. The Balaban J connectivity index is 1.38. The Hall–Kier alpha value is -2.44. The number of nitrogens with zero attached hydrogens (tertiary/aromatic N) is 2. The first-order valence-corrected chi connectivity index (χ1v) is 11.7. The van der Waals surface area contributed by atoms with Crippen LogP contribution in [0.2, 0.25) is 5.02 Å². The second kappa shape index (κ2) is 8.60. The average molecular weight is 456 g/mol. The molecule has 31 heavy (non-hydrogen) atoms. The number of thiazole rings is 1. The van der Waals surface area contributed by atoms with E-state index in [-0.39, 0.29) is 17.4 Å². The SMILES string of the molecule is CC(C)(C)NC(=O)c1ccc(C(=O)N2CCC(c3nc4cc(Cl)ccc4s3)CC2)cc1. The number of piperidine rings is 1. The molecule has 5 nitrogen and oxygen atoms in total. The summed E-state index contributed by atoms with van der Waals surface area (Å²) < 4.78 is 1.15. The molecule has 0 radical (unpaired) electrons. The number of amides is 2. The fourth-order valence-corrected chi connectivity index (χ4v) is 5.07. The van der Waals surface area contributed by atoms with Crippen LogP contribution in [0.3, 0.4) is 0 Å². The number of aromatic nitrogens is 1. The summed E-state index contributed by atoms with van der Waals surface area (Å²) in [5, 5.41) is 4.76. The highest BCUT2D eigenvalue weighted by Crippen LogP contribution is 2.35. The van der Waals surface area contributed by atoms with E-state index < -0.39 is 0 Å². The predicted octanol–water partition coefficient (Wildman–Crippen LogP) is 5.50. The summed E-state index contributed by atoms with van der Waals surface area (Å²) in [5.74, 6) is 0.241. The van der Waals surface area contributed by atoms with Gasteiger partial charge < -0.3 is 10.2 Å². The van der Waals surface area contributed by atoms with Gasteiger partial charge in [0.25, 0.3) is 11.8 Å². The van der Waals surface area contributed by atoms with E-state index in [4.69, 9.17) is 16.6 Å². The van der Waals surface area contributed by atoms with Crippen molar-refractivity contribution in [3.8, 4) is 0 Å². The van der Waals surface area contributed by atoms with Crippen LogP contribution in [0.4, 0.5) is 0 Å². The molecule has 0 saturated carbocycles. The van der Waals surface area contributed by atoms with Gasteiger partial charge in [0.1, 0.15) is 0 Å². The van der Waals surface area contributed by atoms with Gasteiger partial charge in [-0.3, -0.25) is 9.59 Å². The predicted molar refractivity (Wildman–Crippen MR) is 126 cm³/mol. The van der Waals surface area contributed by atoms with E-state index in [2.05, 4.69) is 5.32 Å². The molecule has 1 aliphatic rings. The maximum absolute atomic E-state index is 12.9. The molecule has 3 aromatic rings. The number of hydrogen-bond donors (Lipinski definition) is 1. The van der Waals surface area contributed by atoms with Gasteiger partial charge in [-0.1, -0.05) is 11.6 Å². The Morgan fingerprint density at radius 2 is 1.71 bits per heavy atom. The lowest BCUT2D eigenvalue weighted by molar-refractivity contribution is 0.0712. The second-order valence-electron chi connectivity index (χ2n) is 9.01. The zero-order valence-corrected chi connectivity index (χ0v) is 19.5. The number of carbonyl (C=O) groups is 2. The molecule has 1 fully saturated rings. The van der Waals surface area contributed by atoms with Crippen molar-refractivity contribution < 1.29 is 9.59 Å². The van der Waals surface area contributed by atoms with Gasteiger partial charge in [0.2, 0.25) is 0 Å². The second-order valence-corrected chi connectivity index (χ2v) is 10.5. The topological polar surface area (TPSA) is 62.3 Å². The van der Waals surface area contributed by atoms with E-state index in [1.165, 1.54) is 0 Å². The summed E-state index contributed by atoms with van der Waals surface area (Å²) in [6, 6.07) is 12.7.